The van der Waals surface area contributed by atoms with Crippen LogP contribution >= 0.6 is 0 Å². The number of rotatable bonds is 7. The monoisotopic (exact) mass is 443 g/mol. The van der Waals surface area contributed by atoms with Gasteiger partial charge >= 0.3 is 6.09 Å². The molecule has 0 aromatic heterocycles. The van der Waals surface area contributed by atoms with Gasteiger partial charge in [0.25, 0.3) is 0 Å². The van der Waals surface area contributed by atoms with E-state index < -0.39 is 11.7 Å². The quantitative estimate of drug-likeness (QED) is 0.687. The zero-order chi connectivity index (χ0) is 23.3. The van der Waals surface area contributed by atoms with Crippen molar-refractivity contribution in [3.63, 3.8) is 0 Å². The van der Waals surface area contributed by atoms with Crippen LogP contribution in [0.3, 0.4) is 0 Å². The van der Waals surface area contributed by atoms with Gasteiger partial charge in [-0.05, 0) is 56.0 Å². The number of carbonyl (C=O) groups is 1. The summed E-state index contributed by atoms with van der Waals surface area (Å²) >= 11 is 0. The standard InChI is InChI=1S/C25H33NO6/c1-25(2,3)32-24(28)26-13-12-20(15-26)31-16-17-6-8-18(9-7-17)23(27)19-10-11-21(29-4)22(14-19)30-5/h6-11,14,20,23,27H,12-13,15-16H2,1-5H3/t20-,23?/m1/s1. The fraction of sp³-hybridized carbons (Fsp3) is 0.480. The molecule has 0 aliphatic carbocycles. The van der Waals surface area contributed by atoms with Crippen molar-refractivity contribution < 1.29 is 28.8 Å². The first kappa shape index (κ1) is 23.9. The Bertz CT molecular complexity index is 906. The molecular formula is C25H33NO6. The average molecular weight is 444 g/mol. The second-order valence-corrected chi connectivity index (χ2v) is 8.91. The summed E-state index contributed by atoms with van der Waals surface area (Å²) in [5.74, 6) is 1.19. The van der Waals surface area contributed by atoms with Gasteiger partial charge in [-0.1, -0.05) is 30.3 Å². The van der Waals surface area contributed by atoms with Crippen molar-refractivity contribution in [2.75, 3.05) is 27.3 Å². The van der Waals surface area contributed by atoms with Gasteiger partial charge in [0.2, 0.25) is 0 Å². The van der Waals surface area contributed by atoms with Gasteiger partial charge in [-0.25, -0.2) is 4.79 Å². The molecule has 2 aromatic carbocycles. The van der Waals surface area contributed by atoms with Gasteiger partial charge in [-0.15, -0.1) is 0 Å². The van der Waals surface area contributed by atoms with Gasteiger partial charge in [0.05, 0.1) is 33.5 Å². The van der Waals surface area contributed by atoms with Gasteiger partial charge < -0.3 is 29.0 Å². The number of likely N-dealkylation sites (tertiary alicyclic amines) is 1. The van der Waals surface area contributed by atoms with Crippen LogP contribution in [0.2, 0.25) is 0 Å². The highest BCUT2D eigenvalue weighted by Crippen LogP contribution is 2.32. The predicted octanol–water partition coefficient (Wildman–Crippen LogP) is 4.31. The summed E-state index contributed by atoms with van der Waals surface area (Å²) < 4.78 is 22.0. The summed E-state index contributed by atoms with van der Waals surface area (Å²) in [6.45, 7) is 7.20. The molecule has 0 radical (unpaired) electrons. The van der Waals surface area contributed by atoms with E-state index in [4.69, 9.17) is 18.9 Å². The molecule has 1 heterocycles. The molecule has 1 saturated heterocycles. The number of ether oxygens (including phenoxy) is 4. The van der Waals surface area contributed by atoms with Gasteiger partial charge in [-0.2, -0.15) is 0 Å². The lowest BCUT2D eigenvalue weighted by atomic mass is 10.00. The SMILES string of the molecule is COc1ccc(C(O)c2ccc(CO[C@@H]3CCN(C(=O)OC(C)(C)C)C3)cc2)cc1OC. The number of methoxy groups -OCH3 is 2. The van der Waals surface area contributed by atoms with E-state index in [9.17, 15) is 9.90 Å². The Balaban J connectivity index is 1.54. The van der Waals surface area contributed by atoms with Crippen molar-refractivity contribution in [1.29, 1.82) is 0 Å². The second kappa shape index (κ2) is 10.2. The molecule has 1 unspecified atom stereocenters. The van der Waals surface area contributed by atoms with Crippen molar-refractivity contribution in [2.24, 2.45) is 0 Å². The Hall–Kier alpha value is -2.77. The molecule has 1 aliphatic heterocycles. The molecular weight excluding hydrogens is 410 g/mol. The normalized spacial score (nSPS) is 17.2. The molecule has 1 fully saturated rings. The highest BCUT2D eigenvalue weighted by molar-refractivity contribution is 5.68. The third-order valence-corrected chi connectivity index (χ3v) is 5.30. The molecule has 0 saturated carbocycles. The number of aliphatic hydroxyl groups is 1. The van der Waals surface area contributed by atoms with Gasteiger partial charge in [0.15, 0.2) is 11.5 Å². The van der Waals surface area contributed by atoms with E-state index >= 15 is 0 Å². The van der Waals surface area contributed by atoms with Crippen molar-refractivity contribution in [3.8, 4) is 11.5 Å². The molecule has 174 valence electrons. The Morgan fingerprint density at radius 1 is 1.06 bits per heavy atom. The predicted molar refractivity (Wildman–Crippen MR) is 121 cm³/mol. The minimum Gasteiger partial charge on any atom is -0.493 e. The molecule has 1 N–H and O–H groups in total. The fourth-order valence-electron chi connectivity index (χ4n) is 3.58. The lowest BCUT2D eigenvalue weighted by Gasteiger charge is -2.24. The third-order valence-electron chi connectivity index (χ3n) is 5.30. The zero-order valence-corrected chi connectivity index (χ0v) is 19.5. The van der Waals surface area contributed by atoms with Crippen LogP contribution in [0.1, 0.15) is 50.0 Å². The first-order chi connectivity index (χ1) is 15.2. The first-order valence-corrected chi connectivity index (χ1v) is 10.8. The minimum absolute atomic E-state index is 0.0143. The first-order valence-electron chi connectivity index (χ1n) is 10.8. The van der Waals surface area contributed by atoms with E-state index in [1.807, 2.05) is 51.1 Å². The lowest BCUT2D eigenvalue weighted by Crippen LogP contribution is -2.36. The molecule has 7 heteroatoms. The number of hydrogen-bond donors (Lipinski definition) is 1. The van der Waals surface area contributed by atoms with Crippen LogP contribution in [0, 0.1) is 0 Å². The number of hydrogen-bond acceptors (Lipinski definition) is 6. The molecule has 0 bridgehead atoms. The van der Waals surface area contributed by atoms with E-state index in [-0.39, 0.29) is 12.2 Å². The van der Waals surface area contributed by atoms with Crippen LogP contribution in [-0.4, -0.2) is 55.1 Å². The number of aliphatic hydroxyl groups excluding tert-OH is 1. The second-order valence-electron chi connectivity index (χ2n) is 8.91. The Kier molecular flexibility index (Phi) is 7.64. The van der Waals surface area contributed by atoms with Gasteiger partial charge in [0, 0.05) is 6.54 Å². The molecule has 1 aliphatic rings. The van der Waals surface area contributed by atoms with E-state index in [1.165, 1.54) is 0 Å². The van der Waals surface area contributed by atoms with Crippen LogP contribution < -0.4 is 9.47 Å². The van der Waals surface area contributed by atoms with Crippen molar-refractivity contribution >= 4 is 6.09 Å². The van der Waals surface area contributed by atoms with Crippen molar-refractivity contribution in [1.82, 2.24) is 4.90 Å². The molecule has 3 rings (SSSR count). The van der Waals surface area contributed by atoms with E-state index in [0.717, 1.165) is 23.1 Å². The smallest absolute Gasteiger partial charge is 0.410 e. The third kappa shape index (κ3) is 6.14. The summed E-state index contributed by atoms with van der Waals surface area (Å²) in [7, 11) is 3.15. The fourth-order valence-corrected chi connectivity index (χ4v) is 3.58. The van der Waals surface area contributed by atoms with Gasteiger partial charge in [-0.3, -0.25) is 0 Å². The molecule has 32 heavy (non-hydrogen) atoms. The van der Waals surface area contributed by atoms with E-state index in [0.29, 0.717) is 31.2 Å². The summed E-state index contributed by atoms with van der Waals surface area (Å²) in [6.07, 6.45) is -0.298. The zero-order valence-electron chi connectivity index (χ0n) is 19.5. The summed E-state index contributed by atoms with van der Waals surface area (Å²) in [6, 6.07) is 13.0. The molecule has 1 amide bonds. The number of benzene rings is 2. The summed E-state index contributed by atoms with van der Waals surface area (Å²) in [5.41, 5.74) is 2.00. The van der Waals surface area contributed by atoms with Gasteiger partial charge in [0.1, 0.15) is 11.7 Å². The Morgan fingerprint density at radius 2 is 1.72 bits per heavy atom. The maximum Gasteiger partial charge on any atom is 0.410 e. The maximum absolute atomic E-state index is 12.2. The van der Waals surface area contributed by atoms with E-state index in [2.05, 4.69) is 0 Å². The Labute approximate surface area is 189 Å². The van der Waals surface area contributed by atoms with Crippen LogP contribution in [0.25, 0.3) is 0 Å². The van der Waals surface area contributed by atoms with Crippen LogP contribution in [0.4, 0.5) is 4.79 Å². The molecule has 2 aromatic rings. The number of carbonyl (C=O) groups excluding carboxylic acids is 1. The highest BCUT2D eigenvalue weighted by atomic mass is 16.6. The Morgan fingerprint density at radius 3 is 2.34 bits per heavy atom. The summed E-state index contributed by atoms with van der Waals surface area (Å²) in [4.78, 5) is 13.9. The van der Waals surface area contributed by atoms with Crippen LogP contribution in [-0.2, 0) is 16.1 Å². The average Bonchev–Trinajstić information content (AvgIpc) is 3.25. The van der Waals surface area contributed by atoms with Crippen LogP contribution in [0.5, 0.6) is 11.5 Å². The molecule has 2 atom stereocenters. The number of amides is 1. The molecule has 7 nitrogen and oxygen atoms in total. The van der Waals surface area contributed by atoms with Crippen molar-refractivity contribution in [2.45, 2.75) is 51.6 Å². The highest BCUT2D eigenvalue weighted by Gasteiger charge is 2.30. The van der Waals surface area contributed by atoms with E-state index in [1.54, 1.807) is 31.3 Å². The minimum atomic E-state index is -0.776. The lowest BCUT2D eigenvalue weighted by molar-refractivity contribution is 0.0184. The molecule has 0 spiro atoms. The maximum atomic E-state index is 12.2. The number of nitrogens with zero attached hydrogens (tertiary/aromatic N) is 1. The summed E-state index contributed by atoms with van der Waals surface area (Å²) in [5, 5.41) is 10.8. The van der Waals surface area contributed by atoms with Crippen molar-refractivity contribution in [3.05, 3.63) is 59.2 Å². The largest absolute Gasteiger partial charge is 0.493 e. The van der Waals surface area contributed by atoms with Crippen LogP contribution in [0.15, 0.2) is 42.5 Å². The topological polar surface area (TPSA) is 77.5 Å².